The Bertz CT molecular complexity index is 656. The first-order valence-electron chi connectivity index (χ1n) is 6.83. The summed E-state index contributed by atoms with van der Waals surface area (Å²) in [4.78, 5) is 17.5. The van der Waals surface area contributed by atoms with Crippen molar-refractivity contribution in [3.63, 3.8) is 0 Å². The lowest BCUT2D eigenvalue weighted by Gasteiger charge is -2.32. The minimum atomic E-state index is 0.0798. The van der Waals surface area contributed by atoms with E-state index in [0.29, 0.717) is 10.6 Å². The molecule has 1 saturated heterocycles. The predicted molar refractivity (Wildman–Crippen MR) is 84.4 cm³/mol. The summed E-state index contributed by atoms with van der Waals surface area (Å²) in [7, 11) is 2.08. The molecule has 1 aliphatic heterocycles. The van der Waals surface area contributed by atoms with Crippen molar-refractivity contribution in [1.29, 1.82) is 0 Å². The van der Waals surface area contributed by atoms with Crippen LogP contribution < -0.4 is 5.73 Å². The average Bonchev–Trinajstić information content (AvgIpc) is 2.78. The monoisotopic (exact) mass is 289 g/mol. The van der Waals surface area contributed by atoms with Gasteiger partial charge in [-0.25, -0.2) is 0 Å². The van der Waals surface area contributed by atoms with E-state index in [-0.39, 0.29) is 5.91 Å². The SMILES string of the molecule is Cc1cccc2c(N)c(C(=O)N3CCN(C)CC3)sc12. The van der Waals surface area contributed by atoms with Gasteiger partial charge in [0.05, 0.1) is 5.69 Å². The summed E-state index contributed by atoms with van der Waals surface area (Å²) in [5, 5.41) is 1.01. The van der Waals surface area contributed by atoms with Crippen molar-refractivity contribution in [2.24, 2.45) is 0 Å². The fraction of sp³-hybridized carbons (Fsp3) is 0.400. The predicted octanol–water partition coefficient (Wildman–Crippen LogP) is 2.18. The van der Waals surface area contributed by atoms with Gasteiger partial charge in [0.1, 0.15) is 4.88 Å². The molecule has 2 aromatic rings. The Balaban J connectivity index is 1.96. The highest BCUT2D eigenvalue weighted by atomic mass is 32.1. The van der Waals surface area contributed by atoms with Crippen LogP contribution in [-0.2, 0) is 0 Å². The van der Waals surface area contributed by atoms with Crippen LogP contribution in [-0.4, -0.2) is 48.9 Å². The molecule has 2 N–H and O–H groups in total. The van der Waals surface area contributed by atoms with Gasteiger partial charge in [0.25, 0.3) is 5.91 Å². The van der Waals surface area contributed by atoms with E-state index in [9.17, 15) is 4.79 Å². The first-order chi connectivity index (χ1) is 9.58. The zero-order valence-electron chi connectivity index (χ0n) is 11.8. The molecular formula is C15H19N3OS. The van der Waals surface area contributed by atoms with E-state index in [1.807, 2.05) is 17.0 Å². The van der Waals surface area contributed by atoms with Gasteiger partial charge in [0.15, 0.2) is 0 Å². The molecule has 0 saturated carbocycles. The summed E-state index contributed by atoms with van der Waals surface area (Å²) in [5.41, 5.74) is 8.01. The number of nitrogens with zero attached hydrogens (tertiary/aromatic N) is 2. The Kier molecular flexibility index (Phi) is 3.40. The van der Waals surface area contributed by atoms with Gasteiger partial charge in [0.2, 0.25) is 0 Å². The number of carbonyl (C=O) groups is 1. The molecule has 0 aliphatic carbocycles. The lowest BCUT2D eigenvalue weighted by molar-refractivity contribution is 0.0670. The van der Waals surface area contributed by atoms with Gasteiger partial charge in [-0.3, -0.25) is 4.79 Å². The lowest BCUT2D eigenvalue weighted by Crippen LogP contribution is -2.47. The zero-order chi connectivity index (χ0) is 14.3. The maximum absolute atomic E-state index is 12.6. The number of likely N-dealkylation sites (N-methyl/N-ethyl adjacent to an activating group) is 1. The number of amides is 1. The maximum atomic E-state index is 12.6. The number of carbonyl (C=O) groups excluding carboxylic acids is 1. The first kappa shape index (κ1) is 13.4. The van der Waals surface area contributed by atoms with Crippen LogP contribution in [0.4, 0.5) is 5.69 Å². The molecule has 1 aromatic carbocycles. The molecule has 1 aromatic heterocycles. The molecule has 0 unspecified atom stereocenters. The lowest BCUT2D eigenvalue weighted by atomic mass is 10.1. The van der Waals surface area contributed by atoms with E-state index in [4.69, 9.17) is 5.73 Å². The third kappa shape index (κ3) is 2.17. The minimum absolute atomic E-state index is 0.0798. The highest BCUT2D eigenvalue weighted by Gasteiger charge is 2.24. The van der Waals surface area contributed by atoms with E-state index < -0.39 is 0 Å². The number of piperazine rings is 1. The van der Waals surface area contributed by atoms with Gasteiger partial charge in [-0.1, -0.05) is 18.2 Å². The summed E-state index contributed by atoms with van der Waals surface area (Å²) < 4.78 is 1.13. The number of anilines is 1. The zero-order valence-corrected chi connectivity index (χ0v) is 12.7. The third-order valence-corrected chi connectivity index (χ3v) is 5.28. The second-order valence-corrected chi connectivity index (χ2v) is 6.41. The second kappa shape index (κ2) is 5.07. The quantitative estimate of drug-likeness (QED) is 0.875. The van der Waals surface area contributed by atoms with Crippen LogP contribution in [0, 0.1) is 6.92 Å². The van der Waals surface area contributed by atoms with Crippen LogP contribution >= 0.6 is 11.3 Å². The second-order valence-electron chi connectivity index (χ2n) is 5.39. The Hall–Kier alpha value is -1.59. The topological polar surface area (TPSA) is 49.6 Å². The van der Waals surface area contributed by atoms with Crippen LogP contribution in [0.1, 0.15) is 15.2 Å². The van der Waals surface area contributed by atoms with E-state index in [0.717, 1.165) is 36.3 Å². The van der Waals surface area contributed by atoms with E-state index in [2.05, 4.69) is 24.9 Å². The Morgan fingerprint density at radius 2 is 1.95 bits per heavy atom. The summed E-state index contributed by atoms with van der Waals surface area (Å²) in [6, 6.07) is 6.04. The summed E-state index contributed by atoms with van der Waals surface area (Å²) >= 11 is 1.52. The Morgan fingerprint density at radius 3 is 2.60 bits per heavy atom. The number of hydrogen-bond acceptors (Lipinski definition) is 4. The molecule has 1 fully saturated rings. The Morgan fingerprint density at radius 1 is 1.25 bits per heavy atom. The number of benzene rings is 1. The number of aryl methyl sites for hydroxylation is 1. The molecule has 5 heteroatoms. The van der Waals surface area contributed by atoms with Crippen molar-refractivity contribution in [3.8, 4) is 0 Å². The molecule has 0 bridgehead atoms. The van der Waals surface area contributed by atoms with Crippen molar-refractivity contribution in [2.75, 3.05) is 39.0 Å². The molecule has 3 rings (SSSR count). The maximum Gasteiger partial charge on any atom is 0.266 e. The van der Waals surface area contributed by atoms with Gasteiger partial charge >= 0.3 is 0 Å². The molecular weight excluding hydrogens is 270 g/mol. The molecule has 106 valence electrons. The van der Waals surface area contributed by atoms with Gasteiger partial charge in [-0.2, -0.15) is 0 Å². The highest BCUT2D eigenvalue weighted by molar-refractivity contribution is 7.21. The van der Waals surface area contributed by atoms with Gasteiger partial charge in [0, 0.05) is 36.3 Å². The van der Waals surface area contributed by atoms with Crippen LogP contribution in [0.5, 0.6) is 0 Å². The molecule has 2 heterocycles. The van der Waals surface area contributed by atoms with Gasteiger partial charge < -0.3 is 15.5 Å². The fourth-order valence-electron chi connectivity index (χ4n) is 2.59. The molecule has 4 nitrogen and oxygen atoms in total. The fourth-order valence-corrected chi connectivity index (χ4v) is 3.75. The molecule has 1 aliphatic rings. The first-order valence-corrected chi connectivity index (χ1v) is 7.65. The van der Waals surface area contributed by atoms with E-state index in [1.165, 1.54) is 16.9 Å². The van der Waals surface area contributed by atoms with Crippen molar-refractivity contribution in [3.05, 3.63) is 28.6 Å². The van der Waals surface area contributed by atoms with E-state index in [1.54, 1.807) is 0 Å². The number of fused-ring (bicyclic) bond motifs is 1. The van der Waals surface area contributed by atoms with Crippen LogP contribution in [0.2, 0.25) is 0 Å². The molecule has 1 amide bonds. The average molecular weight is 289 g/mol. The standard InChI is InChI=1S/C15H19N3OS/c1-10-4-3-5-11-12(16)14(20-13(10)11)15(19)18-8-6-17(2)7-9-18/h3-5H,6-9,16H2,1-2H3. The smallest absolute Gasteiger partial charge is 0.266 e. The van der Waals surface area contributed by atoms with Gasteiger partial charge in [-0.05, 0) is 19.5 Å². The molecule has 0 spiro atoms. The number of hydrogen-bond donors (Lipinski definition) is 1. The number of nitrogens with two attached hydrogens (primary N) is 1. The molecule has 0 radical (unpaired) electrons. The third-order valence-electron chi connectivity index (χ3n) is 3.94. The Labute approximate surface area is 122 Å². The summed E-state index contributed by atoms with van der Waals surface area (Å²) in [6.07, 6.45) is 0. The van der Waals surface area contributed by atoms with Gasteiger partial charge in [-0.15, -0.1) is 11.3 Å². The van der Waals surface area contributed by atoms with Crippen molar-refractivity contribution in [2.45, 2.75) is 6.92 Å². The molecule has 20 heavy (non-hydrogen) atoms. The molecule has 0 atom stereocenters. The van der Waals surface area contributed by atoms with E-state index >= 15 is 0 Å². The van der Waals surface area contributed by atoms with Crippen molar-refractivity contribution in [1.82, 2.24) is 9.80 Å². The summed E-state index contributed by atoms with van der Waals surface area (Å²) in [6.45, 7) is 5.47. The largest absolute Gasteiger partial charge is 0.397 e. The minimum Gasteiger partial charge on any atom is -0.397 e. The van der Waals surface area contributed by atoms with Crippen LogP contribution in [0.3, 0.4) is 0 Å². The highest BCUT2D eigenvalue weighted by Crippen LogP contribution is 2.36. The number of thiophene rings is 1. The normalized spacial score (nSPS) is 16.8. The van der Waals surface area contributed by atoms with Crippen molar-refractivity contribution < 1.29 is 4.79 Å². The number of rotatable bonds is 1. The summed E-state index contributed by atoms with van der Waals surface area (Å²) in [5.74, 6) is 0.0798. The number of nitrogen functional groups attached to an aromatic ring is 1. The van der Waals surface area contributed by atoms with Crippen LogP contribution in [0.15, 0.2) is 18.2 Å². The van der Waals surface area contributed by atoms with Crippen molar-refractivity contribution >= 4 is 33.0 Å². The van der Waals surface area contributed by atoms with Crippen LogP contribution in [0.25, 0.3) is 10.1 Å².